The number of amides is 1. The van der Waals surface area contributed by atoms with Crippen LogP contribution in [0.5, 0.6) is 0 Å². The molecule has 0 radical (unpaired) electrons. The van der Waals surface area contributed by atoms with Gasteiger partial charge in [0.15, 0.2) is 0 Å². The number of likely N-dealkylation sites (N-methyl/N-ethyl adjacent to an activating group) is 1. The summed E-state index contributed by atoms with van der Waals surface area (Å²) < 4.78 is 0. The molecule has 5 heteroatoms. The molecular formula is C11H20N2O3. The fourth-order valence-corrected chi connectivity index (χ4v) is 1.81. The summed E-state index contributed by atoms with van der Waals surface area (Å²) in [6.45, 7) is 6.10. The molecule has 0 aromatic rings. The number of likely N-dealkylation sites (tertiary alicyclic amines) is 1. The van der Waals surface area contributed by atoms with E-state index in [1.807, 2.05) is 0 Å². The van der Waals surface area contributed by atoms with Gasteiger partial charge in [-0.2, -0.15) is 0 Å². The molecule has 0 bridgehead atoms. The van der Waals surface area contributed by atoms with E-state index in [1.165, 1.54) is 0 Å². The fraction of sp³-hybridized carbons (Fsp3) is 0.818. The third-order valence-electron chi connectivity index (χ3n) is 3.44. The summed E-state index contributed by atoms with van der Waals surface area (Å²) in [6.07, 6.45) is 0.522. The lowest BCUT2D eigenvalue weighted by atomic mass is 9.90. The normalized spacial score (nSPS) is 25.9. The predicted octanol–water partition coefficient (Wildman–Crippen LogP) is 0.308. The Hall–Kier alpha value is -1.10. The van der Waals surface area contributed by atoms with Crippen molar-refractivity contribution in [1.82, 2.24) is 10.2 Å². The van der Waals surface area contributed by atoms with E-state index in [2.05, 4.69) is 5.32 Å². The Morgan fingerprint density at radius 1 is 1.44 bits per heavy atom. The first-order valence-electron chi connectivity index (χ1n) is 5.45. The maximum Gasteiger partial charge on any atom is 0.311 e. The zero-order chi connectivity index (χ0) is 12.6. The van der Waals surface area contributed by atoms with Crippen molar-refractivity contribution < 1.29 is 14.7 Å². The highest BCUT2D eigenvalue weighted by atomic mass is 16.4. The summed E-state index contributed by atoms with van der Waals surface area (Å²) in [5.41, 5.74) is -1.43. The van der Waals surface area contributed by atoms with Crippen LogP contribution in [0.25, 0.3) is 0 Å². The summed E-state index contributed by atoms with van der Waals surface area (Å²) >= 11 is 0. The minimum Gasteiger partial charge on any atom is -0.481 e. The van der Waals surface area contributed by atoms with Gasteiger partial charge in [0, 0.05) is 13.1 Å². The van der Waals surface area contributed by atoms with Gasteiger partial charge in [-0.1, -0.05) is 0 Å². The van der Waals surface area contributed by atoms with Crippen LogP contribution in [0.4, 0.5) is 0 Å². The molecule has 16 heavy (non-hydrogen) atoms. The van der Waals surface area contributed by atoms with E-state index in [0.29, 0.717) is 19.5 Å². The smallest absolute Gasteiger partial charge is 0.311 e. The Balaban J connectivity index is 2.74. The third kappa shape index (κ3) is 2.19. The molecule has 0 aromatic carbocycles. The van der Waals surface area contributed by atoms with E-state index >= 15 is 0 Å². The minimum atomic E-state index is -0.829. The lowest BCUT2D eigenvalue weighted by Crippen LogP contribution is -2.52. The van der Waals surface area contributed by atoms with Crippen LogP contribution >= 0.6 is 0 Å². The molecule has 92 valence electrons. The van der Waals surface area contributed by atoms with Crippen LogP contribution in [0, 0.1) is 5.41 Å². The van der Waals surface area contributed by atoms with Gasteiger partial charge < -0.3 is 15.3 Å². The lowest BCUT2D eigenvalue weighted by Gasteiger charge is -2.29. The molecule has 1 saturated heterocycles. The topological polar surface area (TPSA) is 69.6 Å². The van der Waals surface area contributed by atoms with Gasteiger partial charge in [0.1, 0.15) is 0 Å². The van der Waals surface area contributed by atoms with Crippen LogP contribution in [0.2, 0.25) is 0 Å². The molecule has 1 aliphatic heterocycles. The van der Waals surface area contributed by atoms with Gasteiger partial charge in [-0.3, -0.25) is 9.59 Å². The summed E-state index contributed by atoms with van der Waals surface area (Å²) in [7, 11) is 1.73. The Bertz CT molecular complexity index is 314. The van der Waals surface area contributed by atoms with E-state index in [9.17, 15) is 9.59 Å². The van der Waals surface area contributed by atoms with Crippen molar-refractivity contribution in [2.45, 2.75) is 32.7 Å². The molecule has 1 atom stereocenters. The Morgan fingerprint density at radius 3 is 2.38 bits per heavy atom. The fourth-order valence-electron chi connectivity index (χ4n) is 1.81. The second-order valence-electron chi connectivity index (χ2n) is 5.22. The molecule has 1 amide bonds. The molecule has 2 N–H and O–H groups in total. The molecule has 5 nitrogen and oxygen atoms in total. The van der Waals surface area contributed by atoms with Crippen molar-refractivity contribution in [2.24, 2.45) is 5.41 Å². The van der Waals surface area contributed by atoms with Crippen LogP contribution in [-0.4, -0.2) is 47.6 Å². The van der Waals surface area contributed by atoms with Crippen LogP contribution in [0.1, 0.15) is 27.2 Å². The van der Waals surface area contributed by atoms with E-state index in [4.69, 9.17) is 5.11 Å². The Kier molecular flexibility index (Phi) is 3.28. The maximum atomic E-state index is 12.1. The molecule has 1 aliphatic rings. The second-order valence-corrected chi connectivity index (χ2v) is 5.22. The van der Waals surface area contributed by atoms with Crippen LogP contribution in [0.3, 0.4) is 0 Å². The predicted molar refractivity (Wildman–Crippen MR) is 60.1 cm³/mol. The summed E-state index contributed by atoms with van der Waals surface area (Å²) in [4.78, 5) is 24.8. The van der Waals surface area contributed by atoms with Gasteiger partial charge in [-0.25, -0.2) is 0 Å². The molecule has 1 heterocycles. The number of rotatable bonds is 3. The van der Waals surface area contributed by atoms with Gasteiger partial charge in [0.2, 0.25) is 5.91 Å². The van der Waals surface area contributed by atoms with E-state index < -0.39 is 16.9 Å². The van der Waals surface area contributed by atoms with Crippen LogP contribution in [-0.2, 0) is 9.59 Å². The van der Waals surface area contributed by atoms with Gasteiger partial charge in [-0.05, 0) is 34.2 Å². The molecule has 1 rings (SSSR count). The van der Waals surface area contributed by atoms with Crippen molar-refractivity contribution in [3.63, 3.8) is 0 Å². The van der Waals surface area contributed by atoms with E-state index in [1.54, 1.807) is 32.7 Å². The number of nitrogens with one attached hydrogen (secondary N) is 1. The van der Waals surface area contributed by atoms with Crippen molar-refractivity contribution in [2.75, 3.05) is 20.1 Å². The number of carbonyl (C=O) groups excluding carboxylic acids is 1. The summed E-state index contributed by atoms with van der Waals surface area (Å²) in [6, 6.07) is 0. The number of carboxylic acid groups (broad SMARTS) is 1. The molecule has 1 fully saturated rings. The van der Waals surface area contributed by atoms with Crippen LogP contribution < -0.4 is 5.32 Å². The van der Waals surface area contributed by atoms with E-state index in [-0.39, 0.29) is 5.91 Å². The SMILES string of the molecule is CNC(C)(C)C(=O)N1CCC(C)(C(=O)O)C1. The van der Waals surface area contributed by atoms with Crippen molar-refractivity contribution in [1.29, 1.82) is 0 Å². The monoisotopic (exact) mass is 228 g/mol. The number of carbonyl (C=O) groups is 2. The number of hydrogen-bond acceptors (Lipinski definition) is 3. The highest BCUT2D eigenvalue weighted by Crippen LogP contribution is 2.31. The van der Waals surface area contributed by atoms with Crippen molar-refractivity contribution in [3.8, 4) is 0 Å². The molecular weight excluding hydrogens is 208 g/mol. The first-order valence-corrected chi connectivity index (χ1v) is 5.45. The zero-order valence-corrected chi connectivity index (χ0v) is 10.3. The number of hydrogen-bond donors (Lipinski definition) is 2. The second kappa shape index (κ2) is 4.05. The Labute approximate surface area is 95.8 Å². The standard InChI is InChI=1S/C11H20N2O3/c1-10(2,12-4)8(14)13-6-5-11(3,7-13)9(15)16/h12H,5-7H2,1-4H3,(H,15,16). The number of carboxylic acids is 1. The van der Waals surface area contributed by atoms with Gasteiger partial charge in [-0.15, -0.1) is 0 Å². The van der Waals surface area contributed by atoms with Crippen LogP contribution in [0.15, 0.2) is 0 Å². The maximum absolute atomic E-state index is 12.1. The largest absolute Gasteiger partial charge is 0.481 e. The lowest BCUT2D eigenvalue weighted by molar-refractivity contribution is -0.147. The molecule has 0 spiro atoms. The minimum absolute atomic E-state index is 0.0417. The molecule has 0 aliphatic carbocycles. The average molecular weight is 228 g/mol. The first-order chi connectivity index (χ1) is 7.23. The van der Waals surface area contributed by atoms with Crippen molar-refractivity contribution in [3.05, 3.63) is 0 Å². The highest BCUT2D eigenvalue weighted by Gasteiger charge is 2.44. The molecule has 1 unspecified atom stereocenters. The number of aliphatic carboxylic acids is 1. The van der Waals surface area contributed by atoms with Gasteiger partial charge in [0.05, 0.1) is 11.0 Å². The Morgan fingerprint density at radius 2 is 2.00 bits per heavy atom. The zero-order valence-electron chi connectivity index (χ0n) is 10.3. The van der Waals surface area contributed by atoms with Crippen molar-refractivity contribution >= 4 is 11.9 Å². The quantitative estimate of drug-likeness (QED) is 0.729. The molecule has 0 aromatic heterocycles. The summed E-state index contributed by atoms with van der Waals surface area (Å²) in [5, 5.41) is 12.0. The van der Waals surface area contributed by atoms with Gasteiger partial charge >= 0.3 is 5.97 Å². The average Bonchev–Trinajstić information content (AvgIpc) is 2.61. The highest BCUT2D eigenvalue weighted by molar-refractivity contribution is 5.87. The van der Waals surface area contributed by atoms with E-state index in [0.717, 1.165) is 0 Å². The molecule has 0 saturated carbocycles. The summed E-state index contributed by atoms with van der Waals surface area (Å²) in [5.74, 6) is -0.870. The number of nitrogens with zero attached hydrogens (tertiary/aromatic N) is 1. The third-order valence-corrected chi connectivity index (χ3v) is 3.44. The first kappa shape index (κ1) is 13.0. The van der Waals surface area contributed by atoms with Gasteiger partial charge in [0.25, 0.3) is 0 Å².